The van der Waals surface area contributed by atoms with E-state index in [1.165, 1.54) is 18.6 Å². The van der Waals surface area contributed by atoms with Crippen molar-refractivity contribution in [1.29, 1.82) is 0 Å². The van der Waals surface area contributed by atoms with E-state index in [9.17, 15) is 9.59 Å². The average molecular weight is 179 g/mol. The normalized spacial score (nSPS) is 9.54. The summed E-state index contributed by atoms with van der Waals surface area (Å²) in [6, 6.07) is 0. The van der Waals surface area contributed by atoms with Gasteiger partial charge in [0.2, 0.25) is 5.91 Å². The molecule has 68 valence electrons. The molecule has 0 aliphatic carbocycles. The van der Waals surface area contributed by atoms with Gasteiger partial charge >= 0.3 is 0 Å². The molecule has 1 aromatic heterocycles. The zero-order valence-electron chi connectivity index (χ0n) is 6.93. The zero-order chi connectivity index (χ0) is 9.68. The first-order valence-electron chi connectivity index (χ1n) is 3.77. The zero-order valence-corrected chi connectivity index (χ0v) is 6.93. The molecule has 0 spiro atoms. The molecule has 5 nitrogen and oxygen atoms in total. The van der Waals surface area contributed by atoms with Gasteiger partial charge in [0.25, 0.3) is 0 Å². The minimum Gasteiger partial charge on any atom is -0.370 e. The van der Waals surface area contributed by atoms with Crippen molar-refractivity contribution in [2.24, 2.45) is 5.73 Å². The second kappa shape index (κ2) is 4.30. The molecular weight excluding hydrogens is 170 g/mol. The van der Waals surface area contributed by atoms with Gasteiger partial charge in [-0.1, -0.05) is 0 Å². The van der Waals surface area contributed by atoms with Crippen molar-refractivity contribution in [2.45, 2.75) is 12.8 Å². The molecule has 0 fully saturated rings. The predicted molar refractivity (Wildman–Crippen MR) is 44.8 cm³/mol. The average Bonchev–Trinajstić information content (AvgIpc) is 2.15. The van der Waals surface area contributed by atoms with Crippen molar-refractivity contribution in [3.8, 4) is 0 Å². The van der Waals surface area contributed by atoms with Gasteiger partial charge in [-0.05, 0) is 0 Å². The molecule has 2 N–H and O–H groups in total. The topological polar surface area (TPSA) is 85.9 Å². The summed E-state index contributed by atoms with van der Waals surface area (Å²) in [6.45, 7) is 0. The fraction of sp³-hybridized carbons (Fsp3) is 0.250. The predicted octanol–water partition coefficient (Wildman–Crippen LogP) is -0.0752. The quantitative estimate of drug-likeness (QED) is 0.655. The van der Waals surface area contributed by atoms with Crippen molar-refractivity contribution in [3.63, 3.8) is 0 Å². The van der Waals surface area contributed by atoms with Crippen LogP contribution in [0, 0.1) is 0 Å². The van der Waals surface area contributed by atoms with Crippen LogP contribution < -0.4 is 5.73 Å². The van der Waals surface area contributed by atoms with Gasteiger partial charge in [0.15, 0.2) is 5.78 Å². The Morgan fingerprint density at radius 3 is 2.62 bits per heavy atom. The number of nitrogens with zero attached hydrogens (tertiary/aromatic N) is 2. The van der Waals surface area contributed by atoms with E-state index in [0.717, 1.165) is 0 Å². The maximum atomic E-state index is 11.2. The number of carbonyl (C=O) groups excluding carboxylic acids is 2. The van der Waals surface area contributed by atoms with E-state index in [1.807, 2.05) is 0 Å². The molecule has 5 heteroatoms. The molecule has 0 atom stereocenters. The Hall–Kier alpha value is -1.78. The fourth-order valence-electron chi connectivity index (χ4n) is 0.808. The van der Waals surface area contributed by atoms with Crippen LogP contribution in [0.4, 0.5) is 0 Å². The van der Waals surface area contributed by atoms with Crippen molar-refractivity contribution in [2.75, 3.05) is 0 Å². The van der Waals surface area contributed by atoms with Crippen LogP contribution in [-0.4, -0.2) is 21.7 Å². The highest BCUT2D eigenvalue weighted by atomic mass is 16.1. The van der Waals surface area contributed by atoms with Gasteiger partial charge in [0.1, 0.15) is 5.69 Å². The lowest BCUT2D eigenvalue weighted by Crippen LogP contribution is -2.13. The molecule has 0 bridgehead atoms. The van der Waals surface area contributed by atoms with Crippen LogP contribution in [0.15, 0.2) is 18.6 Å². The lowest BCUT2D eigenvalue weighted by molar-refractivity contribution is -0.118. The lowest BCUT2D eigenvalue weighted by Gasteiger charge is -1.96. The van der Waals surface area contributed by atoms with E-state index in [2.05, 4.69) is 9.97 Å². The number of hydrogen-bond donors (Lipinski definition) is 1. The summed E-state index contributed by atoms with van der Waals surface area (Å²) in [5.74, 6) is -0.704. The van der Waals surface area contributed by atoms with Crippen LogP contribution in [0.25, 0.3) is 0 Å². The Morgan fingerprint density at radius 2 is 2.08 bits per heavy atom. The summed E-state index contributed by atoms with van der Waals surface area (Å²) in [7, 11) is 0. The largest absolute Gasteiger partial charge is 0.370 e. The Labute approximate surface area is 75.0 Å². The standard InChI is InChI=1S/C8H9N3O2/c9-8(13)2-1-7(12)6-5-10-3-4-11-6/h3-5H,1-2H2,(H2,9,13). The van der Waals surface area contributed by atoms with Gasteiger partial charge in [-0.25, -0.2) is 4.98 Å². The Bertz CT molecular complexity index is 310. The molecule has 0 saturated heterocycles. The minimum atomic E-state index is -0.489. The third-order valence-corrected chi connectivity index (χ3v) is 1.45. The second-order valence-electron chi connectivity index (χ2n) is 2.48. The maximum Gasteiger partial charge on any atom is 0.217 e. The SMILES string of the molecule is NC(=O)CCC(=O)c1cnccn1. The number of amides is 1. The van der Waals surface area contributed by atoms with Crippen LogP contribution >= 0.6 is 0 Å². The molecule has 0 unspecified atom stereocenters. The molecule has 1 aromatic rings. The number of hydrogen-bond acceptors (Lipinski definition) is 4. The number of Topliss-reactive ketones (excluding diaryl/α,β-unsaturated/α-hetero) is 1. The van der Waals surface area contributed by atoms with Crippen molar-refractivity contribution < 1.29 is 9.59 Å². The summed E-state index contributed by atoms with van der Waals surface area (Å²) in [5, 5.41) is 0. The van der Waals surface area contributed by atoms with E-state index in [1.54, 1.807) is 0 Å². The van der Waals surface area contributed by atoms with E-state index >= 15 is 0 Å². The first kappa shape index (κ1) is 9.31. The summed E-state index contributed by atoms with van der Waals surface area (Å²) in [6.07, 6.45) is 4.41. The van der Waals surface area contributed by atoms with Crippen molar-refractivity contribution in [3.05, 3.63) is 24.3 Å². The van der Waals surface area contributed by atoms with Gasteiger partial charge in [0, 0.05) is 25.2 Å². The highest BCUT2D eigenvalue weighted by Crippen LogP contribution is 1.99. The van der Waals surface area contributed by atoms with E-state index < -0.39 is 5.91 Å². The highest BCUT2D eigenvalue weighted by molar-refractivity contribution is 5.95. The summed E-state index contributed by atoms with van der Waals surface area (Å²) < 4.78 is 0. The summed E-state index contributed by atoms with van der Waals surface area (Å²) in [5.41, 5.74) is 5.16. The fourth-order valence-corrected chi connectivity index (χ4v) is 0.808. The number of rotatable bonds is 4. The molecule has 0 aliphatic heterocycles. The van der Waals surface area contributed by atoms with E-state index in [4.69, 9.17) is 5.73 Å². The van der Waals surface area contributed by atoms with Crippen LogP contribution in [0.1, 0.15) is 23.3 Å². The lowest BCUT2D eigenvalue weighted by atomic mass is 10.2. The molecule has 1 rings (SSSR count). The van der Waals surface area contributed by atoms with Gasteiger partial charge in [0.05, 0.1) is 6.20 Å². The molecule has 0 aliphatic rings. The van der Waals surface area contributed by atoms with Crippen LogP contribution in [0.5, 0.6) is 0 Å². The first-order valence-corrected chi connectivity index (χ1v) is 3.77. The van der Waals surface area contributed by atoms with Crippen molar-refractivity contribution >= 4 is 11.7 Å². The Balaban J connectivity index is 2.54. The number of carbonyl (C=O) groups is 2. The molecule has 0 saturated carbocycles. The van der Waals surface area contributed by atoms with Gasteiger partial charge < -0.3 is 5.73 Å². The summed E-state index contributed by atoms with van der Waals surface area (Å²) in [4.78, 5) is 29.1. The van der Waals surface area contributed by atoms with Crippen LogP contribution in [0.3, 0.4) is 0 Å². The molecule has 0 radical (unpaired) electrons. The van der Waals surface area contributed by atoms with Crippen LogP contribution in [0.2, 0.25) is 0 Å². The smallest absolute Gasteiger partial charge is 0.217 e. The molecule has 13 heavy (non-hydrogen) atoms. The Kier molecular flexibility index (Phi) is 3.08. The minimum absolute atomic E-state index is 0.0510. The number of primary amides is 1. The summed E-state index contributed by atoms with van der Waals surface area (Å²) >= 11 is 0. The highest BCUT2D eigenvalue weighted by Gasteiger charge is 2.07. The van der Waals surface area contributed by atoms with Crippen LogP contribution in [-0.2, 0) is 4.79 Å². The van der Waals surface area contributed by atoms with Gasteiger partial charge in [-0.3, -0.25) is 14.6 Å². The third-order valence-electron chi connectivity index (χ3n) is 1.45. The molecular formula is C8H9N3O2. The third kappa shape index (κ3) is 2.98. The Morgan fingerprint density at radius 1 is 1.31 bits per heavy atom. The van der Waals surface area contributed by atoms with Gasteiger partial charge in [-0.15, -0.1) is 0 Å². The molecule has 0 aromatic carbocycles. The number of nitrogens with two attached hydrogens (primary N) is 1. The van der Waals surface area contributed by atoms with Gasteiger partial charge in [-0.2, -0.15) is 0 Å². The number of aromatic nitrogens is 2. The maximum absolute atomic E-state index is 11.2. The second-order valence-corrected chi connectivity index (χ2v) is 2.48. The van der Waals surface area contributed by atoms with Crippen molar-refractivity contribution in [1.82, 2.24) is 9.97 Å². The first-order chi connectivity index (χ1) is 6.20. The monoisotopic (exact) mass is 179 g/mol. The number of ketones is 1. The van der Waals surface area contributed by atoms with E-state index in [0.29, 0.717) is 0 Å². The molecule has 1 heterocycles. The van der Waals surface area contributed by atoms with E-state index in [-0.39, 0.29) is 24.3 Å². The molecule has 1 amide bonds.